The molecule has 5 nitrogen and oxygen atoms in total. The van der Waals surface area contributed by atoms with E-state index in [9.17, 15) is 4.39 Å². The van der Waals surface area contributed by atoms with E-state index in [4.69, 9.17) is 19.4 Å². The fourth-order valence-corrected chi connectivity index (χ4v) is 1.48. The van der Waals surface area contributed by atoms with Crippen molar-refractivity contribution in [1.82, 2.24) is 0 Å². The molecule has 0 atom stereocenters. The summed E-state index contributed by atoms with van der Waals surface area (Å²) in [5, 5.41) is 8.85. The van der Waals surface area contributed by atoms with Crippen LogP contribution in [0.4, 0.5) is 10.1 Å². The van der Waals surface area contributed by atoms with Crippen molar-refractivity contribution in [3.8, 4) is 0 Å². The average Bonchev–Trinajstić information content (AvgIpc) is 2.34. The van der Waals surface area contributed by atoms with Gasteiger partial charge in [-0.2, -0.15) is 0 Å². The first-order valence-electron chi connectivity index (χ1n) is 6.48. The second kappa shape index (κ2) is 7.95. The molecular weight excluding hydrogens is 262 g/mol. The Bertz CT molecular complexity index is 467. The van der Waals surface area contributed by atoms with E-state index in [-0.39, 0.29) is 24.5 Å². The molecule has 0 unspecified atom stereocenters. The quantitative estimate of drug-likeness (QED) is 0.565. The van der Waals surface area contributed by atoms with Crippen molar-refractivity contribution in [1.29, 1.82) is 5.39 Å². The molecule has 0 aliphatic rings. The van der Waals surface area contributed by atoms with Crippen LogP contribution in [0.2, 0.25) is 0 Å². The maximum Gasteiger partial charge on any atom is 0.640 e. The number of hydrogen-bond acceptors (Lipinski definition) is 4. The minimum absolute atomic E-state index is 0.0151. The van der Waals surface area contributed by atoms with Gasteiger partial charge in [0.1, 0.15) is 5.82 Å². The van der Waals surface area contributed by atoms with E-state index in [1.54, 1.807) is 0 Å². The van der Waals surface area contributed by atoms with Gasteiger partial charge in [0.15, 0.2) is 4.98 Å². The van der Waals surface area contributed by atoms with E-state index in [0.29, 0.717) is 5.56 Å². The Morgan fingerprint density at radius 2 is 1.80 bits per heavy atom. The number of hydrogen-bond donors (Lipinski definition) is 0. The third-order valence-electron chi connectivity index (χ3n) is 2.29. The van der Waals surface area contributed by atoms with Crippen LogP contribution >= 0.6 is 0 Å². The molecule has 0 bridgehead atoms. The number of nitrogens with zero attached hydrogens (tertiary/aromatic N) is 2. The van der Waals surface area contributed by atoms with Crippen LogP contribution in [-0.2, 0) is 20.6 Å². The minimum Gasteiger partial charge on any atom is -0.384 e. The van der Waals surface area contributed by atoms with Crippen LogP contribution in [0.3, 0.4) is 0 Å². The van der Waals surface area contributed by atoms with E-state index in [1.165, 1.54) is 18.2 Å². The van der Waals surface area contributed by atoms with Crippen LogP contribution in [0.5, 0.6) is 0 Å². The van der Waals surface area contributed by atoms with E-state index < -0.39 is 13.1 Å². The molecule has 20 heavy (non-hydrogen) atoms. The Morgan fingerprint density at radius 1 is 1.20 bits per heavy atom. The molecule has 0 radical (unpaired) electrons. The summed E-state index contributed by atoms with van der Waals surface area (Å²) in [5.74, 6) is -0.429. The Balaban J connectivity index is 2.71. The summed E-state index contributed by atoms with van der Waals surface area (Å²) in [6.07, 6.45) is -0.151. The molecule has 0 fully saturated rings. The summed E-state index contributed by atoms with van der Waals surface area (Å²) in [5.41, 5.74) is 0.663. The fraction of sp³-hybridized carbons (Fsp3) is 0.538. The Morgan fingerprint density at radius 3 is 2.30 bits per heavy atom. The second-order valence-electron chi connectivity index (χ2n) is 4.84. The van der Waals surface area contributed by atoms with Crippen molar-refractivity contribution in [2.75, 3.05) is 0 Å². The van der Waals surface area contributed by atoms with Gasteiger partial charge in [0.2, 0.25) is 5.39 Å². The highest BCUT2D eigenvalue weighted by atomic mass is 19.1. The first-order valence-corrected chi connectivity index (χ1v) is 6.48. The Labute approximate surface area is 118 Å². The van der Waals surface area contributed by atoms with Gasteiger partial charge < -0.3 is 14.0 Å². The predicted octanol–water partition coefficient (Wildman–Crippen LogP) is 3.66. The summed E-state index contributed by atoms with van der Waals surface area (Å²) >= 11 is 0. The average molecular weight is 281 g/mol. The monoisotopic (exact) mass is 281 g/mol. The van der Waals surface area contributed by atoms with Crippen molar-refractivity contribution in [2.24, 2.45) is 0 Å². The molecular formula is C13H19BFN2O3+. The molecule has 1 aromatic carbocycles. The highest BCUT2D eigenvalue weighted by Gasteiger charge is 2.26. The molecule has 0 spiro atoms. The molecule has 0 aliphatic heterocycles. The van der Waals surface area contributed by atoms with Crippen LogP contribution < -0.4 is 0 Å². The van der Waals surface area contributed by atoms with Crippen LogP contribution in [0.15, 0.2) is 18.2 Å². The lowest BCUT2D eigenvalue weighted by Crippen LogP contribution is -2.32. The van der Waals surface area contributed by atoms with Gasteiger partial charge in [-0.15, -0.1) is 0 Å². The molecule has 1 rings (SSSR count). The van der Waals surface area contributed by atoms with Gasteiger partial charge >= 0.3 is 13.0 Å². The fourth-order valence-electron chi connectivity index (χ4n) is 1.48. The van der Waals surface area contributed by atoms with Gasteiger partial charge in [0.05, 0.1) is 12.2 Å². The van der Waals surface area contributed by atoms with Crippen molar-refractivity contribution in [2.45, 2.75) is 46.5 Å². The topological polar surface area (TPSA) is 55.8 Å². The highest BCUT2D eigenvalue weighted by molar-refractivity contribution is 6.36. The van der Waals surface area contributed by atoms with Gasteiger partial charge in [-0.3, -0.25) is 0 Å². The standard InChI is InChI=1S/C13H19BFN2O3/c1-9(2)19-14(20-10(3)4)18-8-11-7-12(15)5-6-13(11)17-16/h5-7,9-10H,8H2,1-4H3/q+1. The normalized spacial score (nSPS) is 10.9. The number of halogens is 1. The van der Waals surface area contributed by atoms with Gasteiger partial charge in [0.25, 0.3) is 0 Å². The lowest BCUT2D eigenvalue weighted by atomic mass is 10.1. The van der Waals surface area contributed by atoms with Crippen molar-refractivity contribution >= 4 is 13.0 Å². The smallest absolute Gasteiger partial charge is 0.384 e. The molecule has 0 heterocycles. The molecule has 7 heteroatoms. The molecule has 0 aromatic heterocycles. The van der Waals surface area contributed by atoms with Gasteiger partial charge in [-0.25, -0.2) is 4.39 Å². The number of rotatable bonds is 7. The Kier molecular flexibility index (Phi) is 6.59. The first-order chi connectivity index (χ1) is 9.42. The maximum atomic E-state index is 13.2. The summed E-state index contributed by atoms with van der Waals surface area (Å²) in [7, 11) is -0.857. The number of benzene rings is 1. The van der Waals surface area contributed by atoms with Crippen LogP contribution in [-0.4, -0.2) is 19.5 Å². The molecule has 0 amide bonds. The summed E-state index contributed by atoms with van der Waals surface area (Å²) in [6.45, 7) is 7.45. The summed E-state index contributed by atoms with van der Waals surface area (Å²) < 4.78 is 29.6. The zero-order valence-corrected chi connectivity index (χ0v) is 12.2. The lowest BCUT2D eigenvalue weighted by Gasteiger charge is -2.18. The molecule has 108 valence electrons. The van der Waals surface area contributed by atoms with Crippen LogP contribution in [0, 0.1) is 11.2 Å². The van der Waals surface area contributed by atoms with Crippen LogP contribution in [0.1, 0.15) is 33.3 Å². The maximum absolute atomic E-state index is 13.2. The van der Waals surface area contributed by atoms with Crippen molar-refractivity contribution < 1.29 is 18.4 Å². The second-order valence-corrected chi connectivity index (χ2v) is 4.84. The predicted molar refractivity (Wildman–Crippen MR) is 74.1 cm³/mol. The minimum atomic E-state index is -0.857. The third-order valence-corrected chi connectivity index (χ3v) is 2.29. The van der Waals surface area contributed by atoms with E-state index in [1.807, 2.05) is 27.7 Å². The van der Waals surface area contributed by atoms with Gasteiger partial charge in [0, 0.05) is 18.3 Å². The molecule has 0 N–H and O–H groups in total. The van der Waals surface area contributed by atoms with Crippen molar-refractivity contribution in [3.05, 3.63) is 34.6 Å². The highest BCUT2D eigenvalue weighted by Crippen LogP contribution is 2.21. The van der Waals surface area contributed by atoms with E-state index in [2.05, 4.69) is 4.98 Å². The van der Waals surface area contributed by atoms with Gasteiger partial charge in [-0.1, -0.05) is 0 Å². The van der Waals surface area contributed by atoms with Crippen molar-refractivity contribution in [3.63, 3.8) is 0 Å². The summed E-state index contributed by atoms with van der Waals surface area (Å²) in [4.78, 5) is 3.08. The molecule has 0 saturated heterocycles. The molecule has 0 aliphatic carbocycles. The van der Waals surface area contributed by atoms with E-state index in [0.717, 1.165) is 0 Å². The zero-order chi connectivity index (χ0) is 15.1. The third kappa shape index (κ3) is 5.65. The molecule has 0 saturated carbocycles. The zero-order valence-electron chi connectivity index (χ0n) is 12.2. The first kappa shape index (κ1) is 16.6. The SMILES string of the molecule is CC(C)OB(OCc1cc(F)ccc1[N+]#N)OC(C)C. The van der Waals surface area contributed by atoms with Crippen LogP contribution in [0.25, 0.3) is 4.98 Å². The number of diazo groups is 1. The Hall–Kier alpha value is -1.49. The lowest BCUT2D eigenvalue weighted by molar-refractivity contribution is 0.0461. The summed E-state index contributed by atoms with van der Waals surface area (Å²) in [6, 6.07) is 3.83. The molecule has 1 aromatic rings. The van der Waals surface area contributed by atoms with E-state index >= 15 is 0 Å². The largest absolute Gasteiger partial charge is 0.640 e. The van der Waals surface area contributed by atoms with Gasteiger partial charge in [-0.05, 0) is 39.8 Å².